The van der Waals surface area contributed by atoms with Crippen molar-refractivity contribution in [3.8, 4) is 0 Å². The Kier molecular flexibility index (Phi) is 6.39. The first-order valence-corrected chi connectivity index (χ1v) is 10.8. The molecule has 3 rings (SSSR count). The molecule has 1 aromatic rings. The second-order valence-corrected chi connectivity index (χ2v) is 9.02. The van der Waals surface area contributed by atoms with Crippen molar-refractivity contribution in [3.05, 3.63) is 30.1 Å². The molecule has 0 aromatic carbocycles. The molecule has 2 aliphatic heterocycles. The van der Waals surface area contributed by atoms with E-state index in [9.17, 15) is 4.79 Å². The summed E-state index contributed by atoms with van der Waals surface area (Å²) in [7, 11) is 0. The summed E-state index contributed by atoms with van der Waals surface area (Å²) in [5.74, 6) is 0.299. The van der Waals surface area contributed by atoms with Crippen molar-refractivity contribution in [1.82, 2.24) is 14.8 Å². The van der Waals surface area contributed by atoms with E-state index in [1.54, 1.807) is 0 Å². The maximum atomic E-state index is 12.4. The van der Waals surface area contributed by atoms with Crippen LogP contribution in [0.3, 0.4) is 0 Å². The predicted molar refractivity (Wildman–Crippen MR) is 105 cm³/mol. The molecule has 5 heteroatoms. The molecule has 0 N–H and O–H groups in total. The number of aromatic nitrogens is 1. The lowest BCUT2D eigenvalue weighted by Gasteiger charge is -2.47. The first-order chi connectivity index (χ1) is 12.1. The maximum absolute atomic E-state index is 12.4. The summed E-state index contributed by atoms with van der Waals surface area (Å²) in [6.45, 7) is 7.49. The van der Waals surface area contributed by atoms with Gasteiger partial charge in [-0.25, -0.2) is 0 Å². The Balaban J connectivity index is 1.53. The Labute approximate surface area is 156 Å². The average molecular weight is 362 g/mol. The molecule has 0 bridgehead atoms. The van der Waals surface area contributed by atoms with Gasteiger partial charge in [0.2, 0.25) is 5.91 Å². The van der Waals surface area contributed by atoms with Gasteiger partial charge in [0.05, 0.1) is 12.2 Å². The maximum Gasteiger partial charge on any atom is 0.222 e. The highest BCUT2D eigenvalue weighted by atomic mass is 32.2. The largest absolute Gasteiger partial charge is 0.336 e. The standard InChI is InChI=1S/C20H31N3OS/c1-17(25-2)7-12-22-13-9-20(10-14-22)8-6-19(24)23(16-20)15-18-5-3-4-11-21-18/h3-5,11,17H,6-10,12-16H2,1-2H3/t17-/m0/s1. The average Bonchev–Trinajstić information content (AvgIpc) is 2.65. The number of hydrogen-bond acceptors (Lipinski definition) is 4. The Morgan fingerprint density at radius 3 is 2.76 bits per heavy atom. The van der Waals surface area contributed by atoms with E-state index >= 15 is 0 Å². The van der Waals surface area contributed by atoms with Gasteiger partial charge in [-0.1, -0.05) is 13.0 Å². The van der Waals surface area contributed by atoms with E-state index in [0.717, 1.165) is 23.9 Å². The van der Waals surface area contributed by atoms with E-state index in [0.29, 0.717) is 24.3 Å². The van der Waals surface area contributed by atoms with Crippen molar-refractivity contribution in [3.63, 3.8) is 0 Å². The highest BCUT2D eigenvalue weighted by Crippen LogP contribution is 2.40. The van der Waals surface area contributed by atoms with Gasteiger partial charge < -0.3 is 9.80 Å². The highest BCUT2D eigenvalue weighted by molar-refractivity contribution is 7.99. The first-order valence-electron chi connectivity index (χ1n) is 9.53. The van der Waals surface area contributed by atoms with E-state index in [4.69, 9.17) is 0 Å². The SMILES string of the molecule is CS[C@@H](C)CCN1CCC2(CCC(=O)N(Cc3ccccn3)C2)CC1. The van der Waals surface area contributed by atoms with Gasteiger partial charge in [-0.3, -0.25) is 9.78 Å². The molecule has 0 aliphatic carbocycles. The molecule has 2 fully saturated rings. The summed E-state index contributed by atoms with van der Waals surface area (Å²) in [4.78, 5) is 21.5. The van der Waals surface area contributed by atoms with Crippen LogP contribution in [0.1, 0.15) is 44.7 Å². The van der Waals surface area contributed by atoms with Crippen LogP contribution in [0.2, 0.25) is 0 Å². The van der Waals surface area contributed by atoms with Crippen LogP contribution in [0.5, 0.6) is 0 Å². The zero-order chi connectivity index (χ0) is 17.7. The van der Waals surface area contributed by atoms with Crippen LogP contribution >= 0.6 is 11.8 Å². The van der Waals surface area contributed by atoms with E-state index in [-0.39, 0.29) is 0 Å². The molecule has 0 radical (unpaired) electrons. The zero-order valence-corrected chi connectivity index (χ0v) is 16.4. The smallest absolute Gasteiger partial charge is 0.222 e. The molecular formula is C20H31N3OS. The number of rotatable bonds is 6. The summed E-state index contributed by atoms with van der Waals surface area (Å²) in [5.41, 5.74) is 1.33. The summed E-state index contributed by atoms with van der Waals surface area (Å²) in [5, 5.41) is 0.747. The highest BCUT2D eigenvalue weighted by Gasteiger charge is 2.40. The van der Waals surface area contributed by atoms with E-state index < -0.39 is 0 Å². The number of pyridine rings is 1. The van der Waals surface area contributed by atoms with Gasteiger partial charge in [-0.15, -0.1) is 0 Å². The fourth-order valence-electron chi connectivity index (χ4n) is 4.07. The first kappa shape index (κ1) is 18.7. The molecule has 138 valence electrons. The Morgan fingerprint density at radius 2 is 2.08 bits per heavy atom. The number of thioether (sulfide) groups is 1. The van der Waals surface area contributed by atoms with Crippen molar-refractivity contribution in [1.29, 1.82) is 0 Å². The van der Waals surface area contributed by atoms with Crippen molar-refractivity contribution in [2.45, 2.75) is 50.8 Å². The van der Waals surface area contributed by atoms with Crippen LogP contribution in [0.15, 0.2) is 24.4 Å². The minimum absolute atomic E-state index is 0.299. The minimum atomic E-state index is 0.299. The molecule has 0 saturated carbocycles. The molecule has 1 spiro atoms. The number of likely N-dealkylation sites (tertiary alicyclic amines) is 2. The number of amides is 1. The monoisotopic (exact) mass is 361 g/mol. The summed E-state index contributed by atoms with van der Waals surface area (Å²) >= 11 is 1.96. The molecule has 1 atom stereocenters. The van der Waals surface area contributed by atoms with Crippen LogP contribution in [0, 0.1) is 5.41 Å². The van der Waals surface area contributed by atoms with Crippen LogP contribution in [0.25, 0.3) is 0 Å². The molecule has 4 nitrogen and oxygen atoms in total. The van der Waals surface area contributed by atoms with Crippen molar-refractivity contribution < 1.29 is 4.79 Å². The zero-order valence-electron chi connectivity index (χ0n) is 15.6. The van der Waals surface area contributed by atoms with Crippen LogP contribution < -0.4 is 0 Å². The number of hydrogen-bond donors (Lipinski definition) is 0. The van der Waals surface area contributed by atoms with Crippen LogP contribution in [-0.2, 0) is 11.3 Å². The lowest BCUT2D eigenvalue weighted by Crippen LogP contribution is -2.51. The fourth-order valence-corrected chi connectivity index (χ4v) is 4.42. The second-order valence-electron chi connectivity index (χ2n) is 7.75. The lowest BCUT2D eigenvalue weighted by molar-refractivity contribution is -0.140. The van der Waals surface area contributed by atoms with E-state index in [1.165, 1.54) is 38.9 Å². The van der Waals surface area contributed by atoms with Gasteiger partial charge in [0.15, 0.2) is 0 Å². The predicted octanol–water partition coefficient (Wildman–Crippen LogP) is 3.43. The third kappa shape index (κ3) is 4.98. The minimum Gasteiger partial charge on any atom is -0.336 e. The second kappa shape index (κ2) is 8.54. The molecule has 1 amide bonds. The topological polar surface area (TPSA) is 36.4 Å². The summed E-state index contributed by atoms with van der Waals surface area (Å²) in [6, 6.07) is 5.95. The molecule has 25 heavy (non-hydrogen) atoms. The van der Waals surface area contributed by atoms with Gasteiger partial charge in [-0.2, -0.15) is 11.8 Å². The molecule has 1 aromatic heterocycles. The molecule has 2 aliphatic rings. The normalized spacial score (nSPS) is 22.3. The van der Waals surface area contributed by atoms with Gasteiger partial charge in [0, 0.05) is 24.4 Å². The Morgan fingerprint density at radius 1 is 1.28 bits per heavy atom. The van der Waals surface area contributed by atoms with E-state index in [1.807, 2.05) is 36.2 Å². The number of piperidine rings is 2. The number of carbonyl (C=O) groups excluding carboxylic acids is 1. The van der Waals surface area contributed by atoms with Crippen molar-refractivity contribution in [2.24, 2.45) is 5.41 Å². The van der Waals surface area contributed by atoms with Crippen molar-refractivity contribution in [2.75, 3.05) is 32.4 Å². The molecule has 0 unspecified atom stereocenters. The molecule has 2 saturated heterocycles. The van der Waals surface area contributed by atoms with Crippen LogP contribution in [-0.4, -0.2) is 58.4 Å². The van der Waals surface area contributed by atoms with E-state index in [2.05, 4.69) is 28.0 Å². The fraction of sp³-hybridized carbons (Fsp3) is 0.700. The lowest BCUT2D eigenvalue weighted by atomic mass is 9.72. The van der Waals surface area contributed by atoms with Gasteiger partial charge in [0.25, 0.3) is 0 Å². The van der Waals surface area contributed by atoms with Gasteiger partial charge >= 0.3 is 0 Å². The number of nitrogens with zero attached hydrogens (tertiary/aromatic N) is 3. The Hall–Kier alpha value is -1.07. The Bertz CT molecular complexity index is 557. The third-order valence-corrected chi connectivity index (χ3v) is 7.04. The molecule has 3 heterocycles. The third-order valence-electron chi connectivity index (χ3n) is 6.00. The summed E-state index contributed by atoms with van der Waals surface area (Å²) < 4.78 is 0. The van der Waals surface area contributed by atoms with Gasteiger partial charge in [-0.05, 0) is 69.1 Å². The van der Waals surface area contributed by atoms with Crippen LogP contribution in [0.4, 0.5) is 0 Å². The number of carbonyl (C=O) groups is 1. The summed E-state index contributed by atoms with van der Waals surface area (Å²) in [6.07, 6.45) is 9.52. The van der Waals surface area contributed by atoms with Crippen molar-refractivity contribution >= 4 is 17.7 Å². The van der Waals surface area contributed by atoms with Gasteiger partial charge in [0.1, 0.15) is 0 Å². The molecular weight excluding hydrogens is 330 g/mol. The quantitative estimate of drug-likeness (QED) is 0.778.